The third-order valence-electron chi connectivity index (χ3n) is 2.46. The van der Waals surface area contributed by atoms with Crippen LogP contribution in [0, 0.1) is 5.92 Å². The molecule has 0 aliphatic carbocycles. The van der Waals surface area contributed by atoms with Gasteiger partial charge in [-0.3, -0.25) is 4.79 Å². The summed E-state index contributed by atoms with van der Waals surface area (Å²) in [6, 6.07) is 0.142. The van der Waals surface area contributed by atoms with Crippen LogP contribution in [0.3, 0.4) is 0 Å². The van der Waals surface area contributed by atoms with E-state index in [9.17, 15) is 4.79 Å². The number of carbonyl (C=O) groups excluding carboxylic acids is 1. The second-order valence-electron chi connectivity index (χ2n) is 4.32. The van der Waals surface area contributed by atoms with Crippen molar-refractivity contribution >= 4 is 30.1 Å². The Morgan fingerprint density at radius 3 is 2.38 bits per heavy atom. The molecule has 5 heteroatoms. The van der Waals surface area contributed by atoms with Crippen molar-refractivity contribution < 1.29 is 4.79 Å². The molecule has 0 aromatic carbocycles. The summed E-state index contributed by atoms with van der Waals surface area (Å²) in [5, 5.41) is 0. The minimum absolute atomic E-state index is 0. The van der Waals surface area contributed by atoms with Crippen LogP contribution in [0.4, 0.5) is 0 Å². The highest BCUT2D eigenvalue weighted by atomic mass is 35.5. The first-order chi connectivity index (χ1) is 6.99. The molecule has 1 atom stereocenters. The third-order valence-corrected chi connectivity index (χ3v) is 3.44. The van der Waals surface area contributed by atoms with E-state index in [2.05, 4.69) is 13.8 Å². The van der Waals surface area contributed by atoms with E-state index < -0.39 is 0 Å². The summed E-state index contributed by atoms with van der Waals surface area (Å²) in [4.78, 5) is 13.4. The van der Waals surface area contributed by atoms with Gasteiger partial charge in [0.15, 0.2) is 0 Å². The lowest BCUT2D eigenvalue weighted by atomic mass is 10.2. The van der Waals surface area contributed by atoms with Gasteiger partial charge in [-0.2, -0.15) is 11.8 Å². The fourth-order valence-electron chi connectivity index (χ4n) is 0.984. The van der Waals surface area contributed by atoms with E-state index >= 15 is 0 Å². The zero-order valence-corrected chi connectivity index (χ0v) is 12.4. The van der Waals surface area contributed by atoms with Gasteiger partial charge in [-0.25, -0.2) is 0 Å². The van der Waals surface area contributed by atoms with E-state index in [-0.39, 0.29) is 24.4 Å². The van der Waals surface area contributed by atoms with E-state index in [0.29, 0.717) is 18.2 Å². The molecule has 0 fully saturated rings. The average Bonchev–Trinajstić information content (AvgIpc) is 2.21. The summed E-state index contributed by atoms with van der Waals surface area (Å²) in [5.41, 5.74) is 5.50. The molecular weight excluding hydrogens is 244 g/mol. The van der Waals surface area contributed by atoms with E-state index in [1.807, 2.05) is 14.0 Å². The Balaban J connectivity index is 0. The van der Waals surface area contributed by atoms with Gasteiger partial charge in [0.05, 0.1) is 5.75 Å². The lowest BCUT2D eigenvalue weighted by molar-refractivity contribution is -0.128. The van der Waals surface area contributed by atoms with E-state index in [4.69, 9.17) is 5.73 Å². The topological polar surface area (TPSA) is 46.3 Å². The van der Waals surface area contributed by atoms with Gasteiger partial charge in [-0.15, -0.1) is 12.4 Å². The summed E-state index contributed by atoms with van der Waals surface area (Å²) >= 11 is 1.71. The molecule has 0 aromatic rings. The maximum Gasteiger partial charge on any atom is 0.232 e. The number of nitrogens with two attached hydrogens (primary N) is 1. The van der Waals surface area contributed by atoms with Gasteiger partial charge >= 0.3 is 0 Å². The molecular formula is C11H25ClN2OS. The molecule has 0 saturated heterocycles. The van der Waals surface area contributed by atoms with Crippen molar-refractivity contribution in [2.24, 2.45) is 11.7 Å². The molecule has 98 valence electrons. The SMILES string of the molecule is CC(C)CCSCC(=O)N(C)C(C)CN.Cl. The van der Waals surface area contributed by atoms with Crippen LogP contribution in [-0.2, 0) is 4.79 Å². The van der Waals surface area contributed by atoms with Crippen LogP contribution in [0.1, 0.15) is 27.2 Å². The van der Waals surface area contributed by atoms with E-state index in [1.165, 1.54) is 6.42 Å². The molecule has 0 aromatic heterocycles. The van der Waals surface area contributed by atoms with Gasteiger partial charge in [0.1, 0.15) is 0 Å². The first-order valence-electron chi connectivity index (χ1n) is 5.52. The Labute approximate surface area is 110 Å². The number of halogens is 1. The summed E-state index contributed by atoms with van der Waals surface area (Å²) < 4.78 is 0. The molecule has 0 aliphatic rings. The first-order valence-corrected chi connectivity index (χ1v) is 6.68. The quantitative estimate of drug-likeness (QED) is 0.719. The minimum atomic E-state index is 0. The number of amides is 1. The number of hydrogen-bond acceptors (Lipinski definition) is 3. The zero-order chi connectivity index (χ0) is 11.8. The van der Waals surface area contributed by atoms with E-state index in [1.54, 1.807) is 16.7 Å². The van der Waals surface area contributed by atoms with Crippen LogP contribution in [-0.4, -0.2) is 41.9 Å². The predicted octanol–water partition coefficient (Wildman–Crippen LogP) is 1.99. The van der Waals surface area contributed by atoms with Crippen molar-refractivity contribution in [3.8, 4) is 0 Å². The number of likely N-dealkylation sites (N-methyl/N-ethyl adjacent to an activating group) is 1. The second kappa shape index (κ2) is 10.2. The zero-order valence-electron chi connectivity index (χ0n) is 10.7. The molecule has 0 bridgehead atoms. The van der Waals surface area contributed by atoms with Gasteiger partial charge in [-0.05, 0) is 25.0 Å². The Bertz CT molecular complexity index is 191. The number of hydrogen-bond donors (Lipinski definition) is 1. The Morgan fingerprint density at radius 1 is 1.38 bits per heavy atom. The third kappa shape index (κ3) is 8.25. The fourth-order valence-corrected chi connectivity index (χ4v) is 2.14. The Morgan fingerprint density at radius 2 is 1.94 bits per heavy atom. The smallest absolute Gasteiger partial charge is 0.232 e. The summed E-state index contributed by atoms with van der Waals surface area (Å²) in [6.07, 6.45) is 1.17. The lowest BCUT2D eigenvalue weighted by Gasteiger charge is -2.23. The molecule has 2 N–H and O–H groups in total. The largest absolute Gasteiger partial charge is 0.341 e. The highest BCUT2D eigenvalue weighted by Crippen LogP contribution is 2.09. The van der Waals surface area contributed by atoms with Gasteiger partial charge in [0, 0.05) is 19.6 Å². The molecule has 3 nitrogen and oxygen atoms in total. The van der Waals surface area contributed by atoms with Crippen molar-refractivity contribution in [2.75, 3.05) is 25.1 Å². The normalized spacial score (nSPS) is 12.1. The molecule has 0 aliphatic heterocycles. The molecule has 0 saturated carbocycles. The summed E-state index contributed by atoms with van der Waals surface area (Å²) in [6.45, 7) is 6.89. The number of nitrogens with zero attached hydrogens (tertiary/aromatic N) is 1. The van der Waals surface area contributed by atoms with Crippen LogP contribution in [0.2, 0.25) is 0 Å². The molecule has 0 heterocycles. The lowest BCUT2D eigenvalue weighted by Crippen LogP contribution is -2.40. The fraction of sp³-hybridized carbons (Fsp3) is 0.909. The van der Waals surface area contributed by atoms with Crippen molar-refractivity contribution in [1.82, 2.24) is 4.90 Å². The van der Waals surface area contributed by atoms with Crippen LogP contribution in [0.15, 0.2) is 0 Å². The summed E-state index contributed by atoms with van der Waals surface area (Å²) in [5.74, 6) is 2.54. The molecule has 1 unspecified atom stereocenters. The van der Waals surface area contributed by atoms with Crippen molar-refractivity contribution in [3.05, 3.63) is 0 Å². The van der Waals surface area contributed by atoms with Gasteiger partial charge in [0.25, 0.3) is 0 Å². The monoisotopic (exact) mass is 268 g/mol. The molecule has 1 amide bonds. The Kier molecular flexibility index (Phi) is 11.8. The highest BCUT2D eigenvalue weighted by molar-refractivity contribution is 7.99. The van der Waals surface area contributed by atoms with Gasteiger partial charge < -0.3 is 10.6 Å². The van der Waals surface area contributed by atoms with Crippen LogP contribution in [0.5, 0.6) is 0 Å². The number of rotatable bonds is 7. The minimum Gasteiger partial charge on any atom is -0.341 e. The molecule has 0 rings (SSSR count). The maximum absolute atomic E-state index is 11.6. The second-order valence-corrected chi connectivity index (χ2v) is 5.43. The molecule has 0 spiro atoms. The maximum atomic E-state index is 11.6. The first kappa shape index (κ1) is 18.4. The van der Waals surface area contributed by atoms with Crippen molar-refractivity contribution in [2.45, 2.75) is 33.2 Å². The molecule has 0 radical (unpaired) electrons. The van der Waals surface area contributed by atoms with Crippen LogP contribution >= 0.6 is 24.2 Å². The van der Waals surface area contributed by atoms with Gasteiger partial charge in [0.2, 0.25) is 5.91 Å². The van der Waals surface area contributed by atoms with Gasteiger partial charge in [-0.1, -0.05) is 13.8 Å². The van der Waals surface area contributed by atoms with Crippen molar-refractivity contribution in [3.63, 3.8) is 0 Å². The summed E-state index contributed by atoms with van der Waals surface area (Å²) in [7, 11) is 1.82. The van der Waals surface area contributed by atoms with Crippen LogP contribution in [0.25, 0.3) is 0 Å². The highest BCUT2D eigenvalue weighted by Gasteiger charge is 2.13. The van der Waals surface area contributed by atoms with Crippen molar-refractivity contribution in [1.29, 1.82) is 0 Å². The standard InChI is InChI=1S/C11H24N2OS.ClH/c1-9(2)5-6-15-8-11(14)13(4)10(3)7-12;/h9-10H,5-8,12H2,1-4H3;1H. The van der Waals surface area contributed by atoms with E-state index in [0.717, 1.165) is 5.75 Å². The Hall–Kier alpha value is 0.0700. The number of carbonyl (C=O) groups is 1. The van der Waals surface area contributed by atoms with Crippen LogP contribution < -0.4 is 5.73 Å². The predicted molar refractivity (Wildman–Crippen MR) is 75.3 cm³/mol. The number of thioether (sulfide) groups is 1. The molecule has 16 heavy (non-hydrogen) atoms. The average molecular weight is 269 g/mol.